The Morgan fingerprint density at radius 3 is 0.898 bits per heavy atom. The number of phosphoric ester groups is 2. The molecule has 0 radical (unpaired) electrons. The van der Waals surface area contributed by atoms with E-state index in [0.717, 1.165) is 103 Å². The summed E-state index contributed by atoms with van der Waals surface area (Å²) >= 11 is 0. The summed E-state index contributed by atoms with van der Waals surface area (Å²) < 4.78 is 68.5. The number of phosphoric acid groups is 2. The summed E-state index contributed by atoms with van der Waals surface area (Å²) in [5.74, 6) is -2.23. The van der Waals surface area contributed by atoms with Crippen molar-refractivity contribution in [1.82, 2.24) is 0 Å². The molecular formula is C79H142O17P2. The van der Waals surface area contributed by atoms with Crippen molar-refractivity contribution in [1.29, 1.82) is 0 Å². The summed E-state index contributed by atoms with van der Waals surface area (Å²) in [7, 11) is -9.96. The quantitative estimate of drug-likeness (QED) is 0.0128. The zero-order valence-electron chi connectivity index (χ0n) is 62.2. The minimum absolute atomic E-state index is 0.0229. The van der Waals surface area contributed by atoms with Crippen molar-refractivity contribution in [3.63, 3.8) is 0 Å². The topological polar surface area (TPSA) is 237 Å². The van der Waals surface area contributed by atoms with E-state index in [2.05, 4.69) is 88.5 Å². The van der Waals surface area contributed by atoms with Crippen LogP contribution in [-0.4, -0.2) is 96.7 Å². The van der Waals surface area contributed by atoms with Crippen molar-refractivity contribution in [2.24, 2.45) is 0 Å². The van der Waals surface area contributed by atoms with E-state index in [1.54, 1.807) is 0 Å². The first kappa shape index (κ1) is 94.5. The molecule has 0 fully saturated rings. The summed E-state index contributed by atoms with van der Waals surface area (Å²) in [4.78, 5) is 72.8. The number of unbranched alkanes of at least 4 members (excludes halogenated alkanes) is 37. The highest BCUT2D eigenvalue weighted by Crippen LogP contribution is 2.45. The zero-order chi connectivity index (χ0) is 71.8. The SMILES string of the molecule is CCCCC/C=C\C/C=C\C/C=C\C/C=C\CCCC(=O)O[C@H](COC(=O)CCCCCCCCCCCCCCC)COP(=O)(O)OC[C@H](O)COP(=O)(O)OC[C@@H](COC(=O)CCCCCCCCCCCCCCC)OC(=O)CCCCCCC/C=C\C=C/CCCCCC. The Morgan fingerprint density at radius 2 is 0.541 bits per heavy atom. The Balaban J connectivity index is 5.39. The van der Waals surface area contributed by atoms with Crippen molar-refractivity contribution in [3.05, 3.63) is 72.9 Å². The van der Waals surface area contributed by atoms with Crippen molar-refractivity contribution in [3.8, 4) is 0 Å². The monoisotopic (exact) mass is 1420 g/mol. The maximum Gasteiger partial charge on any atom is 0.472 e. The molecule has 0 heterocycles. The van der Waals surface area contributed by atoms with Crippen molar-refractivity contribution >= 4 is 39.5 Å². The zero-order valence-corrected chi connectivity index (χ0v) is 64.0. The third kappa shape index (κ3) is 70.9. The van der Waals surface area contributed by atoms with Crippen LogP contribution in [0.5, 0.6) is 0 Å². The van der Waals surface area contributed by atoms with Crippen LogP contribution < -0.4 is 0 Å². The molecule has 5 atom stereocenters. The van der Waals surface area contributed by atoms with Gasteiger partial charge in [0, 0.05) is 25.7 Å². The normalized spacial score (nSPS) is 14.3. The van der Waals surface area contributed by atoms with Gasteiger partial charge in [-0.05, 0) is 89.9 Å². The maximum atomic E-state index is 13.1. The fraction of sp³-hybridized carbons (Fsp3) is 0.797. The molecule has 0 aliphatic carbocycles. The minimum atomic E-state index is -4.98. The van der Waals surface area contributed by atoms with Crippen LogP contribution in [0.1, 0.15) is 349 Å². The number of ether oxygens (including phenoxy) is 4. The Morgan fingerprint density at radius 1 is 0.296 bits per heavy atom. The average Bonchev–Trinajstić information content (AvgIpc) is 1.05. The van der Waals surface area contributed by atoms with Crippen LogP contribution in [0.25, 0.3) is 0 Å². The first-order chi connectivity index (χ1) is 47.7. The molecule has 0 aromatic heterocycles. The lowest BCUT2D eigenvalue weighted by Crippen LogP contribution is -2.30. The van der Waals surface area contributed by atoms with Crippen LogP contribution in [0.3, 0.4) is 0 Å². The number of allylic oxidation sites excluding steroid dienone is 12. The number of carbonyl (C=O) groups excluding carboxylic acids is 4. The van der Waals surface area contributed by atoms with Crippen LogP contribution in [0, 0.1) is 0 Å². The van der Waals surface area contributed by atoms with E-state index in [1.807, 2.05) is 12.2 Å². The molecule has 0 aliphatic rings. The van der Waals surface area contributed by atoms with Crippen LogP contribution in [0.15, 0.2) is 72.9 Å². The standard InChI is InChI=1S/C79H142O17P2/c1-5-9-13-17-21-25-29-33-35-36-38-42-46-50-54-58-62-66-79(84)96-75(70-90-77(82)64-60-56-52-48-44-40-32-28-24-20-16-12-8-4)72-94-98(87,88)92-68-73(80)67-91-97(85,86)93-71-74(69-89-76(81)63-59-55-51-47-43-39-31-27-23-19-15-11-7-3)95-78(83)65-61-57-53-49-45-41-37-34-30-26-22-18-14-10-6-2/h21,25-26,30,33-35,37-38,42,50,54,73-75,80H,5-20,22-24,27-29,31-32,36,39-41,43-49,51-53,55-72H2,1-4H3,(H,85,86)(H,87,88)/b25-21-,30-26-,35-33-,37-34-,42-38-,54-50-/t73-,74-,75-/m1/s1. The average molecular weight is 1430 g/mol. The van der Waals surface area contributed by atoms with Gasteiger partial charge in [-0.15, -0.1) is 0 Å². The van der Waals surface area contributed by atoms with Crippen LogP contribution in [0.4, 0.5) is 0 Å². The van der Waals surface area contributed by atoms with Gasteiger partial charge < -0.3 is 33.8 Å². The second kappa shape index (κ2) is 71.9. The molecule has 0 bridgehead atoms. The second-order valence-electron chi connectivity index (χ2n) is 26.3. The van der Waals surface area contributed by atoms with Gasteiger partial charge in [0.15, 0.2) is 12.2 Å². The van der Waals surface area contributed by atoms with Gasteiger partial charge in [-0.1, -0.05) is 306 Å². The van der Waals surface area contributed by atoms with Gasteiger partial charge in [0.1, 0.15) is 19.3 Å². The largest absolute Gasteiger partial charge is 0.472 e. The predicted molar refractivity (Wildman–Crippen MR) is 400 cm³/mol. The number of rotatable bonds is 74. The highest BCUT2D eigenvalue weighted by atomic mass is 31.2. The Hall–Kier alpha value is -3.50. The maximum absolute atomic E-state index is 13.1. The molecule has 0 saturated heterocycles. The summed E-state index contributed by atoms with van der Waals surface area (Å²) in [5, 5.41) is 10.6. The van der Waals surface area contributed by atoms with Crippen LogP contribution >= 0.6 is 15.6 Å². The van der Waals surface area contributed by atoms with E-state index in [-0.39, 0.29) is 25.7 Å². The van der Waals surface area contributed by atoms with E-state index in [1.165, 1.54) is 161 Å². The molecule has 570 valence electrons. The molecule has 2 unspecified atom stereocenters. The molecular weight excluding hydrogens is 1280 g/mol. The lowest BCUT2D eigenvalue weighted by molar-refractivity contribution is -0.161. The summed E-state index contributed by atoms with van der Waals surface area (Å²) in [5.41, 5.74) is 0. The van der Waals surface area contributed by atoms with Crippen LogP contribution in [0.2, 0.25) is 0 Å². The second-order valence-corrected chi connectivity index (χ2v) is 29.2. The van der Waals surface area contributed by atoms with Gasteiger partial charge in [-0.25, -0.2) is 9.13 Å². The van der Waals surface area contributed by atoms with E-state index in [4.69, 9.17) is 37.0 Å². The van der Waals surface area contributed by atoms with E-state index < -0.39 is 97.5 Å². The molecule has 98 heavy (non-hydrogen) atoms. The van der Waals surface area contributed by atoms with Gasteiger partial charge in [0.2, 0.25) is 0 Å². The first-order valence-electron chi connectivity index (χ1n) is 39.2. The molecule has 0 aromatic rings. The molecule has 0 spiro atoms. The Bertz CT molecular complexity index is 2140. The first-order valence-corrected chi connectivity index (χ1v) is 42.2. The van der Waals surface area contributed by atoms with Gasteiger partial charge in [0.05, 0.1) is 26.4 Å². The van der Waals surface area contributed by atoms with Gasteiger partial charge in [-0.2, -0.15) is 0 Å². The Kier molecular flexibility index (Phi) is 69.3. The fourth-order valence-electron chi connectivity index (χ4n) is 10.7. The molecule has 19 heteroatoms. The number of carbonyl (C=O) groups is 4. The van der Waals surface area contributed by atoms with Crippen molar-refractivity contribution in [2.75, 3.05) is 39.6 Å². The highest BCUT2D eigenvalue weighted by molar-refractivity contribution is 7.47. The summed E-state index contributed by atoms with van der Waals surface area (Å²) in [6.07, 6.45) is 71.7. The Labute approximate surface area is 596 Å². The van der Waals surface area contributed by atoms with Crippen molar-refractivity contribution in [2.45, 2.75) is 367 Å². The van der Waals surface area contributed by atoms with E-state index in [0.29, 0.717) is 32.1 Å². The van der Waals surface area contributed by atoms with Gasteiger partial charge in [0.25, 0.3) is 0 Å². The van der Waals surface area contributed by atoms with Crippen molar-refractivity contribution < 1.29 is 80.2 Å². The summed E-state index contributed by atoms with van der Waals surface area (Å²) in [6, 6.07) is 0. The summed E-state index contributed by atoms with van der Waals surface area (Å²) in [6.45, 7) is 4.80. The predicted octanol–water partition coefficient (Wildman–Crippen LogP) is 22.4. The highest BCUT2D eigenvalue weighted by Gasteiger charge is 2.30. The number of hydrogen-bond acceptors (Lipinski definition) is 15. The molecule has 17 nitrogen and oxygen atoms in total. The number of aliphatic hydroxyl groups is 1. The third-order valence-corrected chi connectivity index (χ3v) is 18.6. The van der Waals surface area contributed by atoms with E-state index >= 15 is 0 Å². The molecule has 0 amide bonds. The smallest absolute Gasteiger partial charge is 0.462 e. The number of esters is 4. The minimum Gasteiger partial charge on any atom is -0.462 e. The number of aliphatic hydroxyl groups excluding tert-OH is 1. The van der Waals surface area contributed by atoms with E-state index in [9.17, 15) is 43.2 Å². The fourth-order valence-corrected chi connectivity index (χ4v) is 12.3. The molecule has 0 aromatic carbocycles. The molecule has 0 rings (SSSR count). The number of hydrogen-bond donors (Lipinski definition) is 3. The van der Waals surface area contributed by atoms with Crippen LogP contribution in [-0.2, 0) is 65.4 Å². The third-order valence-electron chi connectivity index (χ3n) is 16.7. The molecule has 0 saturated carbocycles. The van der Waals surface area contributed by atoms with Gasteiger partial charge in [-0.3, -0.25) is 37.3 Å². The van der Waals surface area contributed by atoms with Gasteiger partial charge >= 0.3 is 39.5 Å². The molecule has 0 aliphatic heterocycles. The lowest BCUT2D eigenvalue weighted by Gasteiger charge is -2.21. The molecule has 3 N–H and O–H groups in total. The lowest BCUT2D eigenvalue weighted by atomic mass is 10.0.